The second-order valence-corrected chi connectivity index (χ2v) is 4.54. The largest absolute Gasteiger partial charge is 0.460 e. The summed E-state index contributed by atoms with van der Waals surface area (Å²) in [5.74, 6) is -0.412. The summed E-state index contributed by atoms with van der Waals surface area (Å²) in [5.41, 5.74) is 0.413. The lowest BCUT2D eigenvalue weighted by Gasteiger charge is -2.06. The molecule has 0 aromatic carbocycles. The summed E-state index contributed by atoms with van der Waals surface area (Å²) >= 11 is 3.20. The van der Waals surface area contributed by atoms with Gasteiger partial charge in [0.25, 0.3) is 0 Å². The highest BCUT2D eigenvalue weighted by atomic mass is 79.9. The normalized spacial score (nSPS) is 10.5. The van der Waals surface area contributed by atoms with Crippen LogP contribution in [0.4, 0.5) is 0 Å². The minimum Gasteiger partial charge on any atom is -0.460 e. The van der Waals surface area contributed by atoms with E-state index in [0.717, 1.165) is 0 Å². The predicted molar refractivity (Wildman–Crippen MR) is 75.7 cm³/mol. The van der Waals surface area contributed by atoms with Gasteiger partial charge in [-0.2, -0.15) is 0 Å². The average molecular weight is 348 g/mol. The highest BCUT2D eigenvalue weighted by Crippen LogP contribution is 2.07. The number of ether oxygens (including phenoxy) is 4. The first-order chi connectivity index (χ1) is 9.74. The van der Waals surface area contributed by atoms with E-state index in [-0.39, 0.29) is 6.61 Å². The smallest absolute Gasteiger partial charge is 0.339 e. The summed E-state index contributed by atoms with van der Waals surface area (Å²) in [6, 6.07) is 3.33. The van der Waals surface area contributed by atoms with Gasteiger partial charge in [0.15, 0.2) is 0 Å². The van der Waals surface area contributed by atoms with E-state index >= 15 is 0 Å². The SMILES string of the molecule is COCCOCCOCCOC(=O)c1ccc(Br)nc1. The molecule has 0 N–H and O–H groups in total. The summed E-state index contributed by atoms with van der Waals surface area (Å²) in [5, 5.41) is 0. The Bertz CT molecular complexity index is 385. The van der Waals surface area contributed by atoms with Crippen molar-refractivity contribution in [3.05, 3.63) is 28.5 Å². The van der Waals surface area contributed by atoms with E-state index in [4.69, 9.17) is 18.9 Å². The molecule has 0 spiro atoms. The van der Waals surface area contributed by atoms with Crippen molar-refractivity contribution in [2.45, 2.75) is 0 Å². The van der Waals surface area contributed by atoms with Crippen molar-refractivity contribution in [3.63, 3.8) is 0 Å². The second kappa shape index (κ2) is 10.7. The van der Waals surface area contributed by atoms with E-state index in [0.29, 0.717) is 43.2 Å². The van der Waals surface area contributed by atoms with Crippen LogP contribution in [0.3, 0.4) is 0 Å². The Kier molecular flexibility index (Phi) is 9.14. The summed E-state index contributed by atoms with van der Waals surface area (Å²) < 4.78 is 21.0. The standard InChI is InChI=1S/C13H18BrNO5/c1-17-4-5-18-6-7-19-8-9-20-13(16)11-2-3-12(14)15-10-11/h2-3,10H,4-9H2,1H3. The van der Waals surface area contributed by atoms with Crippen molar-refractivity contribution in [1.82, 2.24) is 4.98 Å². The quantitative estimate of drug-likeness (QED) is 0.364. The van der Waals surface area contributed by atoms with Crippen molar-refractivity contribution in [2.24, 2.45) is 0 Å². The minimum absolute atomic E-state index is 0.201. The van der Waals surface area contributed by atoms with Crippen molar-refractivity contribution in [1.29, 1.82) is 0 Å². The zero-order chi connectivity index (χ0) is 14.6. The van der Waals surface area contributed by atoms with Crippen LogP contribution in [0.2, 0.25) is 0 Å². The lowest BCUT2D eigenvalue weighted by atomic mass is 10.3. The molecule has 0 bridgehead atoms. The second-order valence-electron chi connectivity index (χ2n) is 3.72. The van der Waals surface area contributed by atoms with E-state index in [9.17, 15) is 4.79 Å². The number of halogens is 1. The van der Waals surface area contributed by atoms with Gasteiger partial charge in [-0.1, -0.05) is 0 Å². The van der Waals surface area contributed by atoms with Crippen LogP contribution in [0.1, 0.15) is 10.4 Å². The summed E-state index contributed by atoms with van der Waals surface area (Å²) in [4.78, 5) is 15.5. The van der Waals surface area contributed by atoms with Gasteiger partial charge in [-0.05, 0) is 28.1 Å². The molecule has 0 atom stereocenters. The maximum absolute atomic E-state index is 11.6. The Morgan fingerprint density at radius 1 is 1.10 bits per heavy atom. The molecule has 20 heavy (non-hydrogen) atoms. The zero-order valence-electron chi connectivity index (χ0n) is 11.3. The molecule has 1 aromatic heterocycles. The van der Waals surface area contributed by atoms with Gasteiger partial charge in [0, 0.05) is 13.3 Å². The third kappa shape index (κ3) is 7.54. The number of hydrogen-bond acceptors (Lipinski definition) is 6. The summed E-state index contributed by atoms with van der Waals surface area (Å²) in [6.45, 7) is 2.61. The molecule has 0 saturated heterocycles. The first kappa shape index (κ1) is 17.0. The van der Waals surface area contributed by atoms with Crippen LogP contribution in [-0.2, 0) is 18.9 Å². The Balaban J connectivity index is 2.01. The van der Waals surface area contributed by atoms with Gasteiger partial charge in [-0.15, -0.1) is 0 Å². The predicted octanol–water partition coefficient (Wildman–Crippen LogP) is 1.68. The number of rotatable bonds is 10. The molecular formula is C13H18BrNO5. The highest BCUT2D eigenvalue weighted by Gasteiger charge is 2.06. The van der Waals surface area contributed by atoms with Crippen molar-refractivity contribution >= 4 is 21.9 Å². The lowest BCUT2D eigenvalue weighted by Crippen LogP contribution is -2.14. The maximum atomic E-state index is 11.6. The highest BCUT2D eigenvalue weighted by molar-refractivity contribution is 9.10. The number of carbonyl (C=O) groups excluding carboxylic acids is 1. The van der Waals surface area contributed by atoms with E-state index in [1.807, 2.05) is 0 Å². The third-order valence-corrected chi connectivity index (χ3v) is 2.70. The third-order valence-electron chi connectivity index (χ3n) is 2.23. The number of hydrogen-bond donors (Lipinski definition) is 0. The van der Waals surface area contributed by atoms with Gasteiger partial charge in [0.1, 0.15) is 11.2 Å². The van der Waals surface area contributed by atoms with E-state index < -0.39 is 5.97 Å². The fraction of sp³-hybridized carbons (Fsp3) is 0.538. The average Bonchev–Trinajstić information content (AvgIpc) is 2.46. The van der Waals surface area contributed by atoms with Gasteiger partial charge in [0.05, 0.1) is 38.6 Å². The maximum Gasteiger partial charge on any atom is 0.339 e. The molecule has 1 aromatic rings. The molecule has 0 aliphatic heterocycles. The van der Waals surface area contributed by atoms with Crippen LogP contribution in [0.5, 0.6) is 0 Å². The first-order valence-corrected chi connectivity index (χ1v) is 6.96. The molecule has 0 amide bonds. The molecule has 0 aliphatic carbocycles. The molecule has 0 saturated carbocycles. The van der Waals surface area contributed by atoms with Crippen LogP contribution in [0, 0.1) is 0 Å². The summed E-state index contributed by atoms with van der Waals surface area (Å²) in [6.07, 6.45) is 1.46. The van der Waals surface area contributed by atoms with Crippen LogP contribution in [0.15, 0.2) is 22.9 Å². The van der Waals surface area contributed by atoms with Gasteiger partial charge in [-0.25, -0.2) is 9.78 Å². The Labute approximate surface area is 126 Å². The number of methoxy groups -OCH3 is 1. The van der Waals surface area contributed by atoms with Crippen molar-refractivity contribution < 1.29 is 23.7 Å². The monoisotopic (exact) mass is 347 g/mol. The van der Waals surface area contributed by atoms with Crippen molar-refractivity contribution in [3.8, 4) is 0 Å². The van der Waals surface area contributed by atoms with Crippen LogP contribution in [-0.4, -0.2) is 57.7 Å². The fourth-order valence-corrected chi connectivity index (χ4v) is 1.47. The van der Waals surface area contributed by atoms with Crippen LogP contribution >= 0.6 is 15.9 Å². The van der Waals surface area contributed by atoms with Gasteiger partial charge in [-0.3, -0.25) is 0 Å². The zero-order valence-corrected chi connectivity index (χ0v) is 12.9. The van der Waals surface area contributed by atoms with Crippen LogP contribution < -0.4 is 0 Å². The molecule has 0 aliphatic rings. The van der Waals surface area contributed by atoms with Gasteiger partial charge in [0.2, 0.25) is 0 Å². The van der Waals surface area contributed by atoms with E-state index in [1.165, 1.54) is 6.20 Å². The lowest BCUT2D eigenvalue weighted by molar-refractivity contribution is 0.00569. The summed E-state index contributed by atoms with van der Waals surface area (Å²) in [7, 11) is 1.62. The molecule has 1 heterocycles. The molecule has 0 unspecified atom stereocenters. The molecular weight excluding hydrogens is 330 g/mol. The number of nitrogens with zero attached hydrogens (tertiary/aromatic N) is 1. The number of pyridine rings is 1. The Morgan fingerprint density at radius 2 is 1.75 bits per heavy atom. The molecule has 112 valence electrons. The number of esters is 1. The van der Waals surface area contributed by atoms with Crippen LogP contribution in [0.25, 0.3) is 0 Å². The van der Waals surface area contributed by atoms with Crippen molar-refractivity contribution in [2.75, 3.05) is 46.8 Å². The number of carbonyl (C=O) groups is 1. The molecule has 7 heteroatoms. The first-order valence-electron chi connectivity index (χ1n) is 6.17. The van der Waals surface area contributed by atoms with E-state index in [2.05, 4.69) is 20.9 Å². The molecule has 0 fully saturated rings. The van der Waals surface area contributed by atoms with E-state index in [1.54, 1.807) is 19.2 Å². The minimum atomic E-state index is -0.412. The Hall–Kier alpha value is -1.02. The molecule has 1 rings (SSSR count). The molecule has 6 nitrogen and oxygen atoms in total. The Morgan fingerprint density at radius 3 is 2.35 bits per heavy atom. The van der Waals surface area contributed by atoms with Gasteiger partial charge >= 0.3 is 5.97 Å². The van der Waals surface area contributed by atoms with Gasteiger partial charge < -0.3 is 18.9 Å². The molecule has 0 radical (unpaired) electrons. The number of aromatic nitrogens is 1. The topological polar surface area (TPSA) is 66.9 Å². The fourth-order valence-electron chi connectivity index (χ4n) is 1.24.